The molecule has 2 rings (SSSR count). The Morgan fingerprint density at radius 1 is 1.05 bits per heavy atom. The molecule has 0 atom stereocenters. The molecule has 0 aliphatic rings. The van der Waals surface area contributed by atoms with E-state index in [-0.39, 0.29) is 11.6 Å². The molecule has 22 heavy (non-hydrogen) atoms. The van der Waals surface area contributed by atoms with Gasteiger partial charge in [0.05, 0.1) is 5.69 Å². The van der Waals surface area contributed by atoms with E-state index in [1.54, 1.807) is 0 Å². The van der Waals surface area contributed by atoms with Gasteiger partial charge in [-0.15, -0.1) is 0 Å². The van der Waals surface area contributed by atoms with Crippen LogP contribution >= 0.6 is 12.6 Å². The fourth-order valence-corrected chi connectivity index (χ4v) is 2.88. The summed E-state index contributed by atoms with van der Waals surface area (Å²) in [6, 6.07) is 10.0. The molecule has 0 bridgehead atoms. The van der Waals surface area contributed by atoms with Gasteiger partial charge >= 0.3 is 0 Å². The van der Waals surface area contributed by atoms with Crippen LogP contribution in [0.5, 0.6) is 0 Å². The maximum atomic E-state index is 12.3. The fourth-order valence-electron chi connectivity index (χ4n) is 2.72. The Hall–Kier alpha value is -1.55. The molecule has 4 heteroatoms. The number of rotatable bonds is 9. The number of ketones is 2. The van der Waals surface area contributed by atoms with Crippen LogP contribution in [0.3, 0.4) is 0 Å². The van der Waals surface area contributed by atoms with Crippen molar-refractivity contribution in [3.63, 3.8) is 0 Å². The lowest BCUT2D eigenvalue weighted by molar-refractivity contribution is -0.116. The summed E-state index contributed by atoms with van der Waals surface area (Å²) in [5, 5.41) is 1.11. The third-order valence-electron chi connectivity index (χ3n) is 4.02. The van der Waals surface area contributed by atoms with Gasteiger partial charge in [0.15, 0.2) is 5.78 Å². The summed E-state index contributed by atoms with van der Waals surface area (Å²) in [6.45, 7) is 0. The number of Topliss-reactive ketones (excluding diaryl/α,β-unsaturated/α-hetero) is 2. The number of hydrogen-bond acceptors (Lipinski definition) is 3. The lowest BCUT2D eigenvalue weighted by Crippen LogP contribution is -2.05. The second-order valence-electron chi connectivity index (χ2n) is 5.68. The molecule has 0 amide bonds. The minimum Gasteiger partial charge on any atom is -0.341 e. The highest BCUT2D eigenvalue weighted by atomic mass is 32.1. The number of benzene rings is 1. The Bertz CT molecular complexity index is 660. The van der Waals surface area contributed by atoms with E-state index in [0.29, 0.717) is 18.6 Å². The lowest BCUT2D eigenvalue weighted by Gasteiger charge is -2.04. The molecule has 118 valence electrons. The normalized spacial score (nSPS) is 11.0. The van der Waals surface area contributed by atoms with Crippen LogP contribution in [0.1, 0.15) is 49.0 Å². The van der Waals surface area contributed by atoms with Gasteiger partial charge in [-0.1, -0.05) is 31.0 Å². The Morgan fingerprint density at radius 3 is 2.41 bits per heavy atom. The van der Waals surface area contributed by atoms with Gasteiger partial charge in [0.2, 0.25) is 0 Å². The van der Waals surface area contributed by atoms with Crippen LogP contribution in [0.15, 0.2) is 30.3 Å². The zero-order valence-corrected chi connectivity index (χ0v) is 13.9. The zero-order valence-electron chi connectivity index (χ0n) is 13.0. The summed E-state index contributed by atoms with van der Waals surface area (Å²) in [7, 11) is 1.94. The van der Waals surface area contributed by atoms with E-state index in [2.05, 4.69) is 12.6 Å². The lowest BCUT2D eigenvalue weighted by atomic mass is 10.1. The average Bonchev–Trinajstić information content (AvgIpc) is 2.87. The number of carbonyl (C=O) groups excluding carboxylic acids is 2. The summed E-state index contributed by atoms with van der Waals surface area (Å²) in [6.07, 6.45) is 4.97. The quantitative estimate of drug-likeness (QED) is 0.428. The molecule has 1 aromatic heterocycles. The molecular formula is C18H23NO2S. The van der Waals surface area contributed by atoms with E-state index in [9.17, 15) is 9.59 Å². The smallest absolute Gasteiger partial charge is 0.179 e. The van der Waals surface area contributed by atoms with Gasteiger partial charge in [-0.05, 0) is 25.0 Å². The van der Waals surface area contributed by atoms with Crippen LogP contribution < -0.4 is 0 Å². The Morgan fingerprint density at radius 2 is 1.73 bits per heavy atom. The molecule has 1 aromatic carbocycles. The Balaban J connectivity index is 1.79. The van der Waals surface area contributed by atoms with Crippen molar-refractivity contribution in [2.75, 3.05) is 5.75 Å². The van der Waals surface area contributed by atoms with E-state index in [1.165, 1.54) is 0 Å². The van der Waals surface area contributed by atoms with Crippen molar-refractivity contribution in [3.05, 3.63) is 36.0 Å². The molecule has 0 fully saturated rings. The largest absolute Gasteiger partial charge is 0.341 e. The van der Waals surface area contributed by atoms with Crippen LogP contribution in [-0.2, 0) is 11.8 Å². The van der Waals surface area contributed by atoms with Gasteiger partial charge < -0.3 is 4.57 Å². The van der Waals surface area contributed by atoms with Gasteiger partial charge in [0, 0.05) is 36.5 Å². The number of thiol groups is 1. The van der Waals surface area contributed by atoms with Crippen molar-refractivity contribution in [2.24, 2.45) is 7.05 Å². The average molecular weight is 317 g/mol. The van der Waals surface area contributed by atoms with Gasteiger partial charge in [-0.2, -0.15) is 12.6 Å². The fraction of sp³-hybridized carbons (Fsp3) is 0.444. The van der Waals surface area contributed by atoms with E-state index in [1.807, 2.05) is 41.9 Å². The second kappa shape index (κ2) is 8.18. The van der Waals surface area contributed by atoms with Gasteiger partial charge in [0.25, 0.3) is 0 Å². The van der Waals surface area contributed by atoms with Gasteiger partial charge in [0.1, 0.15) is 5.78 Å². The van der Waals surface area contributed by atoms with Crippen molar-refractivity contribution >= 4 is 35.1 Å². The summed E-state index contributed by atoms with van der Waals surface area (Å²) in [5.74, 6) is 0.736. The van der Waals surface area contributed by atoms with Crippen molar-refractivity contribution < 1.29 is 9.59 Å². The first-order valence-electron chi connectivity index (χ1n) is 7.83. The molecule has 0 aliphatic carbocycles. The van der Waals surface area contributed by atoms with E-state index in [0.717, 1.165) is 42.3 Å². The Labute approximate surface area is 137 Å². The predicted octanol–water partition coefficient (Wildman–Crippen LogP) is 4.20. The molecule has 2 aromatic rings. The van der Waals surface area contributed by atoms with Crippen LogP contribution in [-0.4, -0.2) is 21.9 Å². The number of nitrogens with zero attached hydrogens (tertiary/aromatic N) is 1. The minimum absolute atomic E-state index is 0.199. The van der Waals surface area contributed by atoms with Gasteiger partial charge in [-0.25, -0.2) is 0 Å². The third kappa shape index (κ3) is 4.23. The van der Waals surface area contributed by atoms with Crippen molar-refractivity contribution in [1.82, 2.24) is 4.57 Å². The highest BCUT2D eigenvalue weighted by Gasteiger charge is 2.12. The van der Waals surface area contributed by atoms with Crippen molar-refractivity contribution in [1.29, 1.82) is 0 Å². The molecular weight excluding hydrogens is 294 g/mol. The molecule has 1 heterocycles. The third-order valence-corrected chi connectivity index (χ3v) is 4.38. The highest BCUT2D eigenvalue weighted by Crippen LogP contribution is 2.20. The molecule has 0 N–H and O–H groups in total. The minimum atomic E-state index is 0.199. The van der Waals surface area contributed by atoms with Crippen molar-refractivity contribution in [3.8, 4) is 0 Å². The zero-order chi connectivity index (χ0) is 15.9. The predicted molar refractivity (Wildman–Crippen MR) is 93.8 cm³/mol. The van der Waals surface area contributed by atoms with Crippen LogP contribution in [0.4, 0.5) is 0 Å². The molecule has 0 saturated heterocycles. The summed E-state index contributed by atoms with van der Waals surface area (Å²) >= 11 is 3.96. The van der Waals surface area contributed by atoms with E-state index in [4.69, 9.17) is 0 Å². The maximum absolute atomic E-state index is 12.3. The topological polar surface area (TPSA) is 39.1 Å². The molecule has 0 radical (unpaired) electrons. The molecule has 0 spiro atoms. The van der Waals surface area contributed by atoms with Gasteiger partial charge in [-0.3, -0.25) is 9.59 Å². The standard InChI is InChI=1S/C18H23NO2S/c1-19-16-10-7-6-8-14(16)12-17(19)18(21)11-5-3-2-4-9-15(20)13-22/h6-8,10,12,22H,2-5,9,11,13H2,1H3. The number of unbranched alkanes of at least 4 members (excludes halogenated alkanes) is 3. The number of para-hydroxylation sites is 1. The van der Waals surface area contributed by atoms with Crippen LogP contribution in [0, 0.1) is 0 Å². The number of aryl methyl sites for hydroxylation is 1. The molecule has 0 unspecified atom stereocenters. The SMILES string of the molecule is Cn1c(C(=O)CCCCCCC(=O)CS)cc2ccccc21. The first-order chi connectivity index (χ1) is 10.6. The van der Waals surface area contributed by atoms with E-state index >= 15 is 0 Å². The van der Waals surface area contributed by atoms with Crippen molar-refractivity contribution in [2.45, 2.75) is 38.5 Å². The molecule has 0 saturated carbocycles. The number of carbonyl (C=O) groups is 2. The number of aromatic nitrogens is 1. The first-order valence-corrected chi connectivity index (χ1v) is 8.47. The summed E-state index contributed by atoms with van der Waals surface area (Å²) < 4.78 is 1.98. The molecule has 0 aliphatic heterocycles. The highest BCUT2D eigenvalue weighted by molar-refractivity contribution is 7.81. The van der Waals surface area contributed by atoms with E-state index < -0.39 is 0 Å². The van der Waals surface area contributed by atoms with Crippen LogP contribution in [0.2, 0.25) is 0 Å². The number of hydrogen-bond donors (Lipinski definition) is 1. The Kier molecular flexibility index (Phi) is 6.25. The first kappa shape index (κ1) is 16.8. The summed E-state index contributed by atoms with van der Waals surface area (Å²) in [4.78, 5) is 23.5. The maximum Gasteiger partial charge on any atom is 0.179 e. The van der Waals surface area contributed by atoms with Crippen LogP contribution in [0.25, 0.3) is 10.9 Å². The molecule has 3 nitrogen and oxygen atoms in total. The monoisotopic (exact) mass is 317 g/mol. The number of fused-ring (bicyclic) bond motifs is 1. The second-order valence-corrected chi connectivity index (χ2v) is 6.00. The summed E-state index contributed by atoms with van der Waals surface area (Å²) in [5.41, 5.74) is 1.88.